The average molecular weight is 467 g/mol. The molecule has 35 heavy (non-hydrogen) atoms. The Labute approximate surface area is 205 Å². The number of fused-ring (bicyclic) bond motifs is 2. The number of carbonyl (C=O) groups is 1. The maximum Gasteiger partial charge on any atom is 0.196 e. The molecule has 6 nitrogen and oxygen atoms in total. The maximum atomic E-state index is 13.8. The van der Waals surface area contributed by atoms with Crippen LogP contribution in [0.4, 0.5) is 17.1 Å². The van der Waals surface area contributed by atoms with Crippen LogP contribution in [-0.2, 0) is 0 Å². The smallest absolute Gasteiger partial charge is 0.196 e. The molecule has 178 valence electrons. The predicted octanol–water partition coefficient (Wildman–Crippen LogP) is 5.93. The first-order chi connectivity index (χ1) is 17.0. The molecular weight excluding hydrogens is 436 g/mol. The van der Waals surface area contributed by atoms with Gasteiger partial charge in [-0.05, 0) is 50.1 Å². The molecule has 1 aliphatic carbocycles. The molecule has 1 aliphatic heterocycles. The highest BCUT2D eigenvalue weighted by molar-refractivity contribution is 6.28. The first-order valence-electron chi connectivity index (χ1n) is 12.5. The highest BCUT2D eigenvalue weighted by Crippen LogP contribution is 2.46. The van der Waals surface area contributed by atoms with Crippen LogP contribution in [0.15, 0.2) is 53.1 Å². The Morgan fingerprint density at radius 2 is 1.74 bits per heavy atom. The van der Waals surface area contributed by atoms with E-state index in [0.717, 1.165) is 78.2 Å². The van der Waals surface area contributed by atoms with Crippen molar-refractivity contribution in [2.24, 2.45) is 0 Å². The second kappa shape index (κ2) is 8.54. The van der Waals surface area contributed by atoms with E-state index < -0.39 is 0 Å². The number of hydrogen-bond donors (Lipinski definition) is 1. The fourth-order valence-corrected chi connectivity index (χ4v) is 5.43. The summed E-state index contributed by atoms with van der Waals surface area (Å²) >= 11 is 0. The molecule has 0 spiro atoms. The van der Waals surface area contributed by atoms with E-state index in [0.29, 0.717) is 16.9 Å². The average Bonchev–Trinajstić information content (AvgIpc) is 3.31. The summed E-state index contributed by atoms with van der Waals surface area (Å²) in [5.74, 6) is 0.689. The van der Waals surface area contributed by atoms with E-state index in [9.17, 15) is 4.79 Å². The lowest BCUT2D eigenvalue weighted by Crippen LogP contribution is -2.46. The second-order valence-corrected chi connectivity index (χ2v) is 9.70. The van der Waals surface area contributed by atoms with Gasteiger partial charge in [-0.1, -0.05) is 48.5 Å². The van der Waals surface area contributed by atoms with Gasteiger partial charge in [0.25, 0.3) is 0 Å². The zero-order valence-electron chi connectivity index (χ0n) is 20.5. The summed E-state index contributed by atoms with van der Waals surface area (Å²) in [6, 6.07) is 16.1. The monoisotopic (exact) mass is 466 g/mol. The minimum atomic E-state index is 0.00780. The van der Waals surface area contributed by atoms with Crippen LogP contribution in [-0.4, -0.2) is 48.6 Å². The second-order valence-electron chi connectivity index (χ2n) is 9.70. The largest absolute Gasteiger partial charge is 0.367 e. The molecule has 0 saturated carbocycles. The molecule has 4 aromatic rings. The van der Waals surface area contributed by atoms with Gasteiger partial charge >= 0.3 is 0 Å². The maximum absolute atomic E-state index is 13.8. The van der Waals surface area contributed by atoms with Crippen molar-refractivity contribution < 1.29 is 9.32 Å². The van der Waals surface area contributed by atoms with E-state index in [4.69, 9.17) is 4.52 Å². The third-order valence-electron chi connectivity index (χ3n) is 7.29. The lowest BCUT2D eigenvalue weighted by atomic mass is 9.86. The SMILES string of the molecule is CCCN1CCN(c2cc(Nc3cc(C)ccc3C)c3c4c(onc24)-c2ccccc2C3=O)CC1. The number of nitrogens with one attached hydrogen (secondary N) is 1. The van der Waals surface area contributed by atoms with Gasteiger partial charge < -0.3 is 14.7 Å². The molecule has 1 aromatic heterocycles. The van der Waals surface area contributed by atoms with E-state index in [1.165, 1.54) is 5.56 Å². The van der Waals surface area contributed by atoms with Gasteiger partial charge in [-0.25, -0.2) is 0 Å². The van der Waals surface area contributed by atoms with Crippen molar-refractivity contribution in [2.45, 2.75) is 27.2 Å². The fourth-order valence-electron chi connectivity index (χ4n) is 5.43. The number of piperazine rings is 1. The molecule has 3 aromatic carbocycles. The minimum absolute atomic E-state index is 0.00780. The molecule has 2 aliphatic rings. The Hall–Kier alpha value is -3.64. The fraction of sp³-hybridized carbons (Fsp3) is 0.310. The number of aryl methyl sites for hydroxylation is 2. The van der Waals surface area contributed by atoms with Gasteiger partial charge in [0.1, 0.15) is 5.52 Å². The Balaban J connectivity index is 1.53. The number of carbonyl (C=O) groups excluding carboxylic acids is 1. The number of nitrogens with zero attached hydrogens (tertiary/aromatic N) is 3. The summed E-state index contributed by atoms with van der Waals surface area (Å²) in [5.41, 5.74) is 8.02. The molecule has 1 fully saturated rings. The molecule has 2 heterocycles. The van der Waals surface area contributed by atoms with E-state index in [-0.39, 0.29) is 5.78 Å². The number of aromatic nitrogens is 1. The van der Waals surface area contributed by atoms with Crippen molar-refractivity contribution in [3.8, 4) is 11.3 Å². The van der Waals surface area contributed by atoms with Crippen molar-refractivity contribution >= 4 is 33.7 Å². The van der Waals surface area contributed by atoms with E-state index >= 15 is 0 Å². The Kier molecular flexibility index (Phi) is 5.33. The summed E-state index contributed by atoms with van der Waals surface area (Å²) < 4.78 is 5.94. The molecule has 0 unspecified atom stereocenters. The summed E-state index contributed by atoms with van der Waals surface area (Å²) in [6.07, 6.45) is 1.16. The van der Waals surface area contributed by atoms with Crippen LogP contribution in [0.25, 0.3) is 22.2 Å². The van der Waals surface area contributed by atoms with Gasteiger partial charge in [0.15, 0.2) is 11.5 Å². The first kappa shape index (κ1) is 21.9. The van der Waals surface area contributed by atoms with Crippen LogP contribution < -0.4 is 10.2 Å². The predicted molar refractivity (Wildman–Crippen MR) is 141 cm³/mol. The van der Waals surface area contributed by atoms with Gasteiger partial charge in [-0.3, -0.25) is 9.69 Å². The molecular formula is C29H30N4O2. The third kappa shape index (κ3) is 3.60. The van der Waals surface area contributed by atoms with Gasteiger partial charge in [0.05, 0.1) is 22.3 Å². The van der Waals surface area contributed by atoms with Crippen molar-refractivity contribution in [3.05, 3.63) is 70.8 Å². The molecule has 0 radical (unpaired) electrons. The highest BCUT2D eigenvalue weighted by atomic mass is 16.5. The standard InChI is InChI=1S/C29H30N4O2/c1-4-11-32-12-14-33(15-13-32)24-17-23(30-22-16-18(2)9-10-19(22)3)25-26-27(24)31-35-29(26)21-8-6-5-7-20(21)28(25)34/h5-10,16-17,30H,4,11-15H2,1-3H3. The quantitative estimate of drug-likeness (QED) is 0.346. The Morgan fingerprint density at radius 3 is 2.51 bits per heavy atom. The van der Waals surface area contributed by atoms with Crippen molar-refractivity contribution in [2.75, 3.05) is 42.9 Å². The van der Waals surface area contributed by atoms with Gasteiger partial charge in [0, 0.05) is 43.0 Å². The minimum Gasteiger partial charge on any atom is -0.367 e. The van der Waals surface area contributed by atoms with Crippen LogP contribution in [0.2, 0.25) is 0 Å². The van der Waals surface area contributed by atoms with Crippen LogP contribution in [0.5, 0.6) is 0 Å². The highest BCUT2D eigenvalue weighted by Gasteiger charge is 2.34. The van der Waals surface area contributed by atoms with Crippen molar-refractivity contribution in [1.82, 2.24) is 10.1 Å². The topological polar surface area (TPSA) is 61.6 Å². The summed E-state index contributed by atoms with van der Waals surface area (Å²) in [5, 5.41) is 8.96. The van der Waals surface area contributed by atoms with E-state index in [1.807, 2.05) is 24.3 Å². The van der Waals surface area contributed by atoms with Crippen LogP contribution in [0.1, 0.15) is 40.4 Å². The molecule has 0 atom stereocenters. The third-order valence-corrected chi connectivity index (χ3v) is 7.29. The van der Waals surface area contributed by atoms with Crippen molar-refractivity contribution in [1.29, 1.82) is 0 Å². The first-order valence-corrected chi connectivity index (χ1v) is 12.5. The van der Waals surface area contributed by atoms with Crippen LogP contribution in [0.3, 0.4) is 0 Å². The number of ketones is 1. The number of rotatable bonds is 5. The normalized spacial score (nSPS) is 15.5. The lowest BCUT2D eigenvalue weighted by molar-refractivity contribution is 0.104. The lowest BCUT2D eigenvalue weighted by Gasteiger charge is -2.36. The summed E-state index contributed by atoms with van der Waals surface area (Å²) in [7, 11) is 0. The number of hydrogen-bond acceptors (Lipinski definition) is 6. The molecule has 0 amide bonds. The Bertz CT molecular complexity index is 1450. The molecule has 1 saturated heterocycles. The zero-order chi connectivity index (χ0) is 24.1. The zero-order valence-corrected chi connectivity index (χ0v) is 20.5. The van der Waals surface area contributed by atoms with Crippen LogP contribution in [0, 0.1) is 13.8 Å². The molecule has 0 bridgehead atoms. The number of benzene rings is 3. The summed E-state index contributed by atoms with van der Waals surface area (Å²) in [4.78, 5) is 18.7. The molecule has 6 rings (SSSR count). The molecule has 1 N–H and O–H groups in total. The van der Waals surface area contributed by atoms with E-state index in [1.54, 1.807) is 0 Å². The van der Waals surface area contributed by atoms with Crippen LogP contribution >= 0.6 is 0 Å². The molecule has 6 heteroatoms. The van der Waals surface area contributed by atoms with Gasteiger partial charge in [0.2, 0.25) is 0 Å². The summed E-state index contributed by atoms with van der Waals surface area (Å²) in [6.45, 7) is 11.4. The van der Waals surface area contributed by atoms with Crippen molar-refractivity contribution in [3.63, 3.8) is 0 Å². The van der Waals surface area contributed by atoms with E-state index in [2.05, 4.69) is 65.3 Å². The van der Waals surface area contributed by atoms with Gasteiger partial charge in [-0.15, -0.1) is 0 Å². The van der Waals surface area contributed by atoms with Gasteiger partial charge in [-0.2, -0.15) is 0 Å². The number of anilines is 3. The Morgan fingerprint density at radius 1 is 0.971 bits per heavy atom.